The van der Waals surface area contributed by atoms with Crippen LogP contribution in [-0.2, 0) is 9.16 Å². The summed E-state index contributed by atoms with van der Waals surface area (Å²) in [6.45, 7) is 13.5. The van der Waals surface area contributed by atoms with Crippen LogP contribution in [0.2, 0.25) is 23.2 Å². The Labute approximate surface area is 248 Å². The van der Waals surface area contributed by atoms with E-state index in [9.17, 15) is 4.79 Å². The van der Waals surface area contributed by atoms with E-state index in [4.69, 9.17) is 30.6 Å². The Morgan fingerprint density at radius 2 is 1.63 bits per heavy atom. The number of nitrogens with zero attached hydrogens (tertiary/aromatic N) is 2. The first-order chi connectivity index (χ1) is 19.4. The van der Waals surface area contributed by atoms with Crippen LogP contribution in [0, 0.1) is 6.92 Å². The fraction of sp³-hybridized carbons (Fsp3) is 0.355. The molecule has 3 aromatic carbocycles. The molecule has 2 amide bonds. The lowest BCUT2D eigenvalue weighted by molar-refractivity contribution is 0.0384. The number of carbonyl (C=O) groups is 1. The summed E-state index contributed by atoms with van der Waals surface area (Å²) in [5.74, 6) is 0.900. The molecule has 1 aromatic heterocycles. The van der Waals surface area contributed by atoms with E-state index in [0.29, 0.717) is 34.6 Å². The Morgan fingerprint density at radius 3 is 2.29 bits per heavy atom. The third-order valence-electron chi connectivity index (χ3n) is 7.46. The maximum Gasteiger partial charge on any atom is 0.324 e. The molecule has 218 valence electrons. The van der Waals surface area contributed by atoms with Crippen molar-refractivity contribution in [2.24, 2.45) is 0 Å². The average molecular weight is 595 g/mol. The molecule has 8 nitrogen and oxygen atoms in total. The molecule has 0 radical (unpaired) electrons. The minimum atomic E-state index is -2.06. The van der Waals surface area contributed by atoms with Crippen LogP contribution in [-0.4, -0.2) is 50.6 Å². The van der Waals surface area contributed by atoms with Crippen molar-refractivity contribution in [1.29, 1.82) is 0 Å². The van der Waals surface area contributed by atoms with Crippen molar-refractivity contribution in [2.45, 2.75) is 51.9 Å². The number of ether oxygens (including phenoxy) is 2. The van der Waals surface area contributed by atoms with Gasteiger partial charge in [0, 0.05) is 22.9 Å². The molecule has 0 aliphatic heterocycles. The van der Waals surface area contributed by atoms with Crippen LogP contribution < -0.4 is 15.4 Å². The number of urea groups is 1. The monoisotopic (exact) mass is 594 g/mol. The van der Waals surface area contributed by atoms with Crippen LogP contribution in [0.3, 0.4) is 0 Å². The Kier molecular flexibility index (Phi) is 9.43. The molecule has 4 rings (SSSR count). The summed E-state index contributed by atoms with van der Waals surface area (Å²) in [5.41, 5.74) is 2.12. The molecular weight excluding hydrogens is 556 g/mol. The first kappa shape index (κ1) is 30.6. The van der Waals surface area contributed by atoms with Crippen LogP contribution >= 0.6 is 11.6 Å². The first-order valence-corrected chi connectivity index (χ1v) is 16.9. The van der Waals surface area contributed by atoms with Crippen LogP contribution in [0.25, 0.3) is 16.5 Å². The van der Waals surface area contributed by atoms with Crippen molar-refractivity contribution >= 4 is 48.2 Å². The number of carbonyl (C=O) groups excluding carboxylic acids is 1. The zero-order valence-corrected chi connectivity index (χ0v) is 26.5. The minimum Gasteiger partial charge on any atom is -0.474 e. The number of halogens is 1. The molecule has 1 unspecified atom stereocenters. The third-order valence-corrected chi connectivity index (χ3v) is 12.3. The van der Waals surface area contributed by atoms with Gasteiger partial charge < -0.3 is 19.2 Å². The third kappa shape index (κ3) is 7.10. The maximum atomic E-state index is 13.3. The SMILES string of the molecule is COCC(COc1nn(-c2ccccc2)c(NC(=O)Nc2ccc(Cl)c3ccccc23)c1C)O[Si](C)(C)C(C)(C)C. The number of nitrogens with one attached hydrogen (secondary N) is 2. The number of rotatable bonds is 10. The van der Waals surface area contributed by atoms with Crippen molar-refractivity contribution < 1.29 is 18.7 Å². The number of anilines is 2. The zero-order chi connectivity index (χ0) is 29.8. The lowest BCUT2D eigenvalue weighted by atomic mass is 10.1. The van der Waals surface area contributed by atoms with E-state index in [1.807, 2.05) is 61.5 Å². The summed E-state index contributed by atoms with van der Waals surface area (Å²) < 4.78 is 19.9. The lowest BCUT2D eigenvalue weighted by Gasteiger charge is -2.39. The van der Waals surface area contributed by atoms with Crippen LogP contribution in [0.15, 0.2) is 66.7 Å². The highest BCUT2D eigenvalue weighted by Gasteiger charge is 2.39. The van der Waals surface area contributed by atoms with E-state index in [0.717, 1.165) is 16.5 Å². The van der Waals surface area contributed by atoms with Crippen LogP contribution in [0.5, 0.6) is 5.88 Å². The summed E-state index contributed by atoms with van der Waals surface area (Å²) in [4.78, 5) is 13.3. The fourth-order valence-electron chi connectivity index (χ4n) is 4.22. The number of benzene rings is 3. The van der Waals surface area contributed by atoms with E-state index in [2.05, 4.69) is 44.5 Å². The standard InChI is InChI=1S/C31H39ClN4O4Si/c1-21-28(34-30(37)33-27-18-17-26(32)24-15-11-12-16-25(24)27)36(22-13-9-8-10-14-22)35-29(21)39-20-23(19-38-5)40-41(6,7)31(2,3)4/h8-18,23H,19-20H2,1-7H3,(H2,33,34,37). The van der Waals surface area contributed by atoms with Gasteiger partial charge >= 0.3 is 6.03 Å². The molecule has 0 saturated heterocycles. The summed E-state index contributed by atoms with van der Waals surface area (Å²) in [6, 6.07) is 20.4. The van der Waals surface area contributed by atoms with Gasteiger partial charge in [0.2, 0.25) is 5.88 Å². The van der Waals surface area contributed by atoms with E-state index in [1.54, 1.807) is 23.9 Å². The maximum absolute atomic E-state index is 13.3. The predicted octanol–water partition coefficient (Wildman–Crippen LogP) is 8.05. The van der Waals surface area contributed by atoms with Gasteiger partial charge in [-0.3, -0.25) is 5.32 Å². The molecule has 0 spiro atoms. The number of hydrogen-bond acceptors (Lipinski definition) is 5. The minimum absolute atomic E-state index is 0.0453. The second kappa shape index (κ2) is 12.6. The highest BCUT2D eigenvalue weighted by Crippen LogP contribution is 2.37. The predicted molar refractivity (Wildman–Crippen MR) is 169 cm³/mol. The summed E-state index contributed by atoms with van der Waals surface area (Å²) >= 11 is 6.37. The smallest absolute Gasteiger partial charge is 0.324 e. The van der Waals surface area contributed by atoms with E-state index in [-0.39, 0.29) is 17.7 Å². The molecule has 10 heteroatoms. The van der Waals surface area contributed by atoms with Gasteiger partial charge in [0.1, 0.15) is 18.5 Å². The Bertz CT molecular complexity index is 1500. The molecule has 0 aliphatic rings. The molecule has 4 aromatic rings. The number of fused-ring (bicyclic) bond motifs is 1. The largest absolute Gasteiger partial charge is 0.474 e. The summed E-state index contributed by atoms with van der Waals surface area (Å²) in [6.07, 6.45) is -0.264. The van der Waals surface area contributed by atoms with Gasteiger partial charge in [-0.15, -0.1) is 5.10 Å². The van der Waals surface area contributed by atoms with Crippen LogP contribution in [0.4, 0.5) is 16.3 Å². The molecule has 41 heavy (non-hydrogen) atoms. The number of hydrogen-bond donors (Lipinski definition) is 2. The lowest BCUT2D eigenvalue weighted by Crippen LogP contribution is -2.46. The highest BCUT2D eigenvalue weighted by molar-refractivity contribution is 6.74. The molecule has 0 fully saturated rings. The number of aromatic nitrogens is 2. The normalized spacial score (nSPS) is 12.8. The number of para-hydroxylation sites is 1. The average Bonchev–Trinajstić information content (AvgIpc) is 3.23. The quantitative estimate of drug-likeness (QED) is 0.181. The van der Waals surface area contributed by atoms with Gasteiger partial charge in [0.05, 0.1) is 23.5 Å². The van der Waals surface area contributed by atoms with Crippen molar-refractivity contribution in [3.8, 4) is 11.6 Å². The van der Waals surface area contributed by atoms with Gasteiger partial charge in [0.25, 0.3) is 0 Å². The second-order valence-corrected chi connectivity index (χ2v) is 16.7. The Balaban J connectivity index is 1.59. The zero-order valence-electron chi connectivity index (χ0n) is 24.7. The molecule has 2 N–H and O–H groups in total. The number of methoxy groups -OCH3 is 1. The molecule has 1 heterocycles. The Hall–Kier alpha value is -3.37. The molecule has 0 saturated carbocycles. The van der Waals surface area contributed by atoms with Crippen molar-refractivity contribution in [3.63, 3.8) is 0 Å². The fourth-order valence-corrected chi connectivity index (χ4v) is 5.77. The van der Waals surface area contributed by atoms with E-state index >= 15 is 0 Å². The van der Waals surface area contributed by atoms with Gasteiger partial charge in [-0.05, 0) is 49.3 Å². The van der Waals surface area contributed by atoms with E-state index < -0.39 is 14.3 Å². The topological polar surface area (TPSA) is 86.6 Å². The molecule has 1 atom stereocenters. The molecular formula is C31H39ClN4O4Si. The van der Waals surface area contributed by atoms with Crippen molar-refractivity contribution in [2.75, 3.05) is 31.0 Å². The number of amides is 2. The summed E-state index contributed by atoms with van der Waals surface area (Å²) in [5, 5.41) is 13.0. The van der Waals surface area contributed by atoms with Crippen LogP contribution in [0.1, 0.15) is 26.3 Å². The van der Waals surface area contributed by atoms with E-state index in [1.165, 1.54) is 0 Å². The first-order valence-electron chi connectivity index (χ1n) is 13.6. The van der Waals surface area contributed by atoms with Gasteiger partial charge in [-0.25, -0.2) is 9.48 Å². The summed E-state index contributed by atoms with van der Waals surface area (Å²) in [7, 11) is -0.402. The van der Waals surface area contributed by atoms with Gasteiger partial charge in [-0.2, -0.15) is 0 Å². The van der Waals surface area contributed by atoms with Gasteiger partial charge in [0.15, 0.2) is 8.32 Å². The van der Waals surface area contributed by atoms with Gasteiger partial charge in [-0.1, -0.05) is 74.8 Å². The molecule has 0 bridgehead atoms. The molecule has 0 aliphatic carbocycles. The Morgan fingerprint density at radius 1 is 0.976 bits per heavy atom. The highest BCUT2D eigenvalue weighted by atomic mass is 35.5. The van der Waals surface area contributed by atoms with Crippen molar-refractivity contribution in [1.82, 2.24) is 9.78 Å². The van der Waals surface area contributed by atoms with Crippen molar-refractivity contribution in [3.05, 3.63) is 77.3 Å². The second-order valence-electron chi connectivity index (χ2n) is 11.5.